The second kappa shape index (κ2) is 9.89. The number of aromatic nitrogens is 1. The van der Waals surface area contributed by atoms with Gasteiger partial charge in [-0.05, 0) is 55.0 Å². The Morgan fingerprint density at radius 1 is 1.24 bits per heavy atom. The van der Waals surface area contributed by atoms with E-state index in [0.717, 1.165) is 6.42 Å². The van der Waals surface area contributed by atoms with E-state index in [4.69, 9.17) is 22.1 Å². The number of ketones is 1. The number of carbonyl (C=O) groups excluding carboxylic acids is 3. The molecule has 10 heteroatoms. The fourth-order valence-corrected chi connectivity index (χ4v) is 5.31. The number of fused-ring (bicyclic) bond motifs is 2. The largest absolute Gasteiger partial charge is 0.490 e. The Kier molecular flexibility index (Phi) is 6.64. The van der Waals surface area contributed by atoms with Crippen LogP contribution in [0, 0.1) is 11.7 Å². The van der Waals surface area contributed by atoms with Crippen LogP contribution in [0.3, 0.4) is 0 Å². The third kappa shape index (κ3) is 4.79. The highest BCUT2D eigenvalue weighted by Crippen LogP contribution is 2.48. The van der Waals surface area contributed by atoms with Crippen molar-refractivity contribution in [3.8, 4) is 5.75 Å². The Morgan fingerprint density at radius 3 is 2.81 bits per heavy atom. The molecule has 1 saturated carbocycles. The molecule has 1 saturated heterocycles. The molecule has 2 aromatic carbocycles. The van der Waals surface area contributed by atoms with Crippen LogP contribution < -0.4 is 15.8 Å². The van der Waals surface area contributed by atoms with Gasteiger partial charge in [0.1, 0.15) is 18.2 Å². The van der Waals surface area contributed by atoms with Crippen LogP contribution in [-0.4, -0.2) is 46.0 Å². The van der Waals surface area contributed by atoms with E-state index in [0.29, 0.717) is 40.9 Å². The zero-order valence-corrected chi connectivity index (χ0v) is 20.7. The Balaban J connectivity index is 1.35. The molecule has 5 rings (SSSR count). The number of halogens is 2. The quantitative estimate of drug-likeness (QED) is 0.399. The number of nitrogens with zero attached hydrogens (tertiary/aromatic N) is 2. The molecule has 0 spiro atoms. The maximum absolute atomic E-state index is 14.3. The summed E-state index contributed by atoms with van der Waals surface area (Å²) in [5, 5.41) is 3.45. The van der Waals surface area contributed by atoms with Crippen LogP contribution in [0.5, 0.6) is 5.75 Å². The first-order valence-electron chi connectivity index (χ1n) is 12.0. The molecule has 1 aromatic heterocycles. The van der Waals surface area contributed by atoms with E-state index >= 15 is 0 Å². The Bertz CT molecular complexity index is 1420. The number of hydrogen-bond donors (Lipinski definition) is 2. The Labute approximate surface area is 217 Å². The zero-order chi connectivity index (χ0) is 26.3. The number of rotatable bonds is 8. The highest BCUT2D eigenvalue weighted by molar-refractivity contribution is 6.30. The van der Waals surface area contributed by atoms with Crippen molar-refractivity contribution in [2.75, 3.05) is 11.9 Å². The predicted molar refractivity (Wildman–Crippen MR) is 139 cm³/mol. The minimum atomic E-state index is -0.699. The molecule has 2 heterocycles. The van der Waals surface area contributed by atoms with Gasteiger partial charge in [0.15, 0.2) is 5.78 Å². The van der Waals surface area contributed by atoms with Crippen molar-refractivity contribution in [3.05, 3.63) is 71.7 Å². The molecule has 2 fully saturated rings. The maximum Gasteiger partial charge on any atom is 0.323 e. The summed E-state index contributed by atoms with van der Waals surface area (Å²) in [5.41, 5.74) is 6.79. The van der Waals surface area contributed by atoms with Crippen molar-refractivity contribution >= 4 is 46.0 Å². The smallest absolute Gasteiger partial charge is 0.323 e. The highest BCUT2D eigenvalue weighted by atomic mass is 35.5. The number of nitrogens with one attached hydrogen (secondary N) is 1. The predicted octanol–water partition coefficient (Wildman–Crippen LogP) is 5.12. The van der Waals surface area contributed by atoms with Crippen molar-refractivity contribution < 1.29 is 23.5 Å². The number of Topliss-reactive ketones (excluding diaryl/α,β-unsaturated/α-hetero) is 1. The molecule has 37 heavy (non-hydrogen) atoms. The second-order valence-electron chi connectivity index (χ2n) is 9.36. The molecule has 3 atom stereocenters. The van der Waals surface area contributed by atoms with Gasteiger partial charge in [-0.3, -0.25) is 9.36 Å². The molecule has 3 amide bonds. The number of hydrogen-bond acceptors (Lipinski definition) is 4. The summed E-state index contributed by atoms with van der Waals surface area (Å²) in [4.78, 5) is 40.2. The van der Waals surface area contributed by atoms with E-state index in [2.05, 4.69) is 11.9 Å². The van der Waals surface area contributed by atoms with E-state index in [1.165, 1.54) is 16.8 Å². The van der Waals surface area contributed by atoms with E-state index in [-0.39, 0.29) is 35.6 Å². The van der Waals surface area contributed by atoms with Gasteiger partial charge >= 0.3 is 12.1 Å². The molecule has 1 aliphatic carbocycles. The summed E-state index contributed by atoms with van der Waals surface area (Å²) < 4.78 is 21.1. The Hall–Kier alpha value is -3.85. The van der Waals surface area contributed by atoms with Gasteiger partial charge in [-0.25, -0.2) is 14.0 Å². The number of piperidine rings is 1. The van der Waals surface area contributed by atoms with Crippen LogP contribution in [0.2, 0.25) is 5.02 Å². The first-order chi connectivity index (χ1) is 17.8. The van der Waals surface area contributed by atoms with Gasteiger partial charge in [0, 0.05) is 24.0 Å². The molecule has 1 aliphatic heterocycles. The van der Waals surface area contributed by atoms with E-state index in [9.17, 15) is 18.8 Å². The van der Waals surface area contributed by atoms with Crippen LogP contribution in [-0.2, 0) is 11.2 Å². The first-order valence-corrected chi connectivity index (χ1v) is 12.4. The van der Waals surface area contributed by atoms with Crippen LogP contribution in [0.1, 0.15) is 24.8 Å². The number of urea groups is 1. The summed E-state index contributed by atoms with van der Waals surface area (Å²) in [6.45, 7) is 3.93. The number of carbonyl (C=O) groups is 3. The lowest BCUT2D eigenvalue weighted by molar-refractivity contribution is -0.123. The highest BCUT2D eigenvalue weighted by Gasteiger charge is 2.55. The van der Waals surface area contributed by atoms with Gasteiger partial charge < -0.3 is 20.7 Å². The molecule has 0 bridgehead atoms. The number of aryl methyl sites for hydroxylation is 1. The van der Waals surface area contributed by atoms with Gasteiger partial charge in [-0.1, -0.05) is 36.4 Å². The van der Waals surface area contributed by atoms with Crippen LogP contribution >= 0.6 is 11.6 Å². The summed E-state index contributed by atoms with van der Waals surface area (Å²) in [5.74, 6) is 0.160. The molecule has 0 radical (unpaired) electrons. The molecule has 8 nitrogen and oxygen atoms in total. The lowest BCUT2D eigenvalue weighted by Crippen LogP contribution is -2.45. The fourth-order valence-electron chi connectivity index (χ4n) is 5.12. The maximum atomic E-state index is 14.3. The zero-order valence-electron chi connectivity index (χ0n) is 20.0. The van der Waals surface area contributed by atoms with Gasteiger partial charge in [-0.2, -0.15) is 0 Å². The van der Waals surface area contributed by atoms with Crippen LogP contribution in [0.4, 0.5) is 19.7 Å². The monoisotopic (exact) mass is 524 g/mol. The number of benzene rings is 2. The van der Waals surface area contributed by atoms with Gasteiger partial charge in [0.05, 0.1) is 22.3 Å². The number of primary amides is 1. The summed E-state index contributed by atoms with van der Waals surface area (Å²) >= 11 is 5.86. The fraction of sp³-hybridized carbons (Fsp3) is 0.296. The molecule has 2 aliphatic rings. The topological polar surface area (TPSA) is 107 Å². The van der Waals surface area contributed by atoms with Crippen molar-refractivity contribution in [2.45, 2.75) is 37.8 Å². The molecular formula is C27H26ClFN4O4. The number of nitrogens with two attached hydrogens (primary N) is 1. The lowest BCUT2D eigenvalue weighted by Gasteiger charge is -2.27. The normalized spacial score (nSPS) is 19.9. The van der Waals surface area contributed by atoms with Crippen LogP contribution in [0.25, 0.3) is 10.9 Å². The van der Waals surface area contributed by atoms with Gasteiger partial charge in [-0.15, -0.1) is 0 Å². The minimum absolute atomic E-state index is 0.0150. The van der Waals surface area contributed by atoms with Crippen molar-refractivity contribution in [2.24, 2.45) is 11.7 Å². The third-order valence-corrected chi connectivity index (χ3v) is 7.30. The first kappa shape index (κ1) is 24.8. The molecule has 3 N–H and O–H groups in total. The number of amides is 3. The third-order valence-electron chi connectivity index (χ3n) is 7.01. The minimum Gasteiger partial charge on any atom is -0.490 e. The van der Waals surface area contributed by atoms with Crippen molar-refractivity contribution in [3.63, 3.8) is 0 Å². The molecule has 3 aromatic rings. The average molecular weight is 525 g/mol. The lowest BCUT2D eigenvalue weighted by atomic mass is 10.00. The molecular weight excluding hydrogens is 499 g/mol. The molecule has 0 unspecified atom stereocenters. The standard InChI is InChI=1S/C27H26ClFN4O4/c1-2-10-37-17-7-8-21-18(13-17)20(14-32(21)26(30)35)31-27(36)33-22-11-16(22)12-23(33)24(34)9-6-15-4-3-5-19(28)25(15)29/h2-5,7-8,13-14,16,22-23H,1,6,9-12H2,(H2,30,35)(H,31,36)/t16-,22-,23+/m1/s1. The molecule has 192 valence electrons. The van der Waals surface area contributed by atoms with Gasteiger partial charge in [0.2, 0.25) is 0 Å². The average Bonchev–Trinajstić information content (AvgIpc) is 3.39. The second-order valence-corrected chi connectivity index (χ2v) is 9.77. The number of anilines is 1. The summed E-state index contributed by atoms with van der Waals surface area (Å²) in [7, 11) is 0. The van der Waals surface area contributed by atoms with Crippen molar-refractivity contribution in [1.29, 1.82) is 0 Å². The summed E-state index contributed by atoms with van der Waals surface area (Å²) in [6, 6.07) is 8.05. The SMILES string of the molecule is C=CCOc1ccc2c(c1)c(NC(=O)N1[C@@H]3C[C@@H]3C[C@H]1C(=O)CCc1cccc(Cl)c1F)cn2C(N)=O. The van der Waals surface area contributed by atoms with Crippen molar-refractivity contribution in [1.82, 2.24) is 9.47 Å². The number of ether oxygens (including phenoxy) is 1. The Morgan fingerprint density at radius 2 is 2.05 bits per heavy atom. The van der Waals surface area contributed by atoms with Crippen LogP contribution in [0.15, 0.2) is 55.3 Å². The van der Waals surface area contributed by atoms with E-state index in [1.54, 1.807) is 41.3 Å². The number of likely N-dealkylation sites (tertiary alicyclic amines) is 1. The van der Waals surface area contributed by atoms with E-state index in [1.807, 2.05) is 0 Å². The van der Waals surface area contributed by atoms with E-state index < -0.39 is 23.9 Å². The summed E-state index contributed by atoms with van der Waals surface area (Å²) in [6.07, 6.45) is 4.78. The van der Waals surface area contributed by atoms with Gasteiger partial charge in [0.25, 0.3) is 0 Å².